The Morgan fingerprint density at radius 1 is 0.971 bits per heavy atom. The van der Waals surface area contributed by atoms with Gasteiger partial charge < -0.3 is 4.74 Å². The van der Waals surface area contributed by atoms with Crippen LogP contribution >= 0.6 is 0 Å². The number of carbonyl (C=O) groups is 1. The van der Waals surface area contributed by atoms with E-state index in [4.69, 9.17) is 4.74 Å². The van der Waals surface area contributed by atoms with Crippen LogP contribution in [-0.2, 0) is 4.74 Å². The lowest BCUT2D eigenvalue weighted by molar-refractivity contribution is 0.0866. The fourth-order valence-electron chi connectivity index (χ4n) is 6.01. The normalized spacial score (nSPS) is 20.8. The molecule has 0 radical (unpaired) electrons. The van der Waals surface area contributed by atoms with E-state index in [2.05, 4.69) is 77.1 Å². The molecule has 1 fully saturated rings. The molecule has 1 amide bonds. The number of ether oxygens (including phenoxy) is 1. The average Bonchev–Trinajstić information content (AvgIpc) is 3.54. The third kappa shape index (κ3) is 2.98. The molecule has 4 heterocycles. The van der Waals surface area contributed by atoms with Gasteiger partial charge in [0.2, 0.25) is 0 Å². The van der Waals surface area contributed by atoms with Crippen LogP contribution < -0.4 is 0 Å². The molecule has 6 nitrogen and oxygen atoms in total. The number of nitrogens with zero attached hydrogens (tertiary/aromatic N) is 4. The maximum atomic E-state index is 13.3. The van der Waals surface area contributed by atoms with Crippen molar-refractivity contribution in [2.75, 3.05) is 6.61 Å². The van der Waals surface area contributed by atoms with Crippen molar-refractivity contribution in [3.63, 3.8) is 0 Å². The number of hydrogen-bond acceptors (Lipinski definition) is 4. The first kappa shape index (κ1) is 19.5. The van der Waals surface area contributed by atoms with Gasteiger partial charge in [-0.25, -0.2) is 4.79 Å². The van der Waals surface area contributed by atoms with E-state index in [1.54, 1.807) is 6.33 Å². The number of pyridine rings is 1. The fraction of sp³-hybridized carbons (Fsp3) is 0.250. The van der Waals surface area contributed by atoms with Crippen molar-refractivity contribution < 1.29 is 9.53 Å². The van der Waals surface area contributed by atoms with Gasteiger partial charge in [-0.3, -0.25) is 9.30 Å². The summed E-state index contributed by atoms with van der Waals surface area (Å²) in [6.45, 7) is 0.365. The zero-order valence-electron chi connectivity index (χ0n) is 18.7. The predicted molar refractivity (Wildman–Crippen MR) is 129 cm³/mol. The molecule has 0 spiro atoms. The van der Waals surface area contributed by atoms with Gasteiger partial charge in [-0.05, 0) is 64.8 Å². The van der Waals surface area contributed by atoms with Crippen LogP contribution in [0.4, 0.5) is 4.79 Å². The van der Waals surface area contributed by atoms with E-state index in [1.165, 1.54) is 27.8 Å². The number of hydrogen-bond donors (Lipinski definition) is 0. The Bertz CT molecular complexity index is 1410. The first-order chi connectivity index (χ1) is 16.8. The van der Waals surface area contributed by atoms with Gasteiger partial charge in [0.25, 0.3) is 0 Å². The first-order valence-electron chi connectivity index (χ1n) is 11.9. The molecule has 168 valence electrons. The Labute approximate surface area is 197 Å². The lowest BCUT2D eigenvalue weighted by atomic mass is 9.96. The van der Waals surface area contributed by atoms with Gasteiger partial charge in [0.05, 0.1) is 6.04 Å². The van der Waals surface area contributed by atoms with Crippen molar-refractivity contribution in [3.05, 3.63) is 96.0 Å². The Kier molecular flexibility index (Phi) is 4.34. The molecule has 2 aromatic carbocycles. The highest BCUT2D eigenvalue weighted by atomic mass is 16.6. The van der Waals surface area contributed by atoms with Crippen LogP contribution in [0.1, 0.15) is 41.9 Å². The van der Waals surface area contributed by atoms with E-state index in [0.29, 0.717) is 6.61 Å². The Hall–Kier alpha value is -3.93. The Morgan fingerprint density at radius 3 is 2.50 bits per heavy atom. The minimum Gasteiger partial charge on any atom is -0.448 e. The zero-order chi connectivity index (χ0) is 22.6. The molecule has 0 saturated carbocycles. The van der Waals surface area contributed by atoms with E-state index < -0.39 is 0 Å². The largest absolute Gasteiger partial charge is 0.448 e. The highest BCUT2D eigenvalue weighted by Crippen LogP contribution is 2.45. The van der Waals surface area contributed by atoms with Gasteiger partial charge in [-0.1, -0.05) is 54.6 Å². The van der Waals surface area contributed by atoms with Gasteiger partial charge in [0.1, 0.15) is 12.9 Å². The molecule has 2 aliphatic heterocycles. The molecule has 3 aliphatic rings. The number of rotatable bonds is 3. The van der Waals surface area contributed by atoms with E-state index in [0.717, 1.165) is 30.5 Å². The second kappa shape index (κ2) is 7.55. The lowest BCUT2D eigenvalue weighted by Gasteiger charge is -2.33. The molecule has 2 unspecified atom stereocenters. The summed E-state index contributed by atoms with van der Waals surface area (Å²) in [5.74, 6) is 0.0837. The molecule has 1 saturated heterocycles. The van der Waals surface area contributed by atoms with Gasteiger partial charge in [0, 0.05) is 18.2 Å². The molecule has 2 atom stereocenters. The summed E-state index contributed by atoms with van der Waals surface area (Å²) in [4.78, 5) is 15.2. The minimum atomic E-state index is -0.195. The molecule has 2 aromatic heterocycles. The molecular formula is C28H24N4O2. The zero-order valence-corrected chi connectivity index (χ0v) is 18.7. The summed E-state index contributed by atoms with van der Waals surface area (Å²) in [5.41, 5.74) is 8.25. The van der Waals surface area contributed by atoms with Crippen LogP contribution in [0.2, 0.25) is 0 Å². The molecule has 34 heavy (non-hydrogen) atoms. The summed E-state index contributed by atoms with van der Waals surface area (Å²) in [6.07, 6.45) is 8.67. The second-order valence-electron chi connectivity index (χ2n) is 9.42. The van der Waals surface area contributed by atoms with E-state index >= 15 is 0 Å². The van der Waals surface area contributed by atoms with Crippen LogP contribution in [0, 0.1) is 0 Å². The van der Waals surface area contributed by atoms with E-state index in [-0.39, 0.29) is 24.1 Å². The van der Waals surface area contributed by atoms with Crippen LogP contribution in [0.3, 0.4) is 0 Å². The molecule has 7 rings (SSSR count). The molecule has 2 bridgehead atoms. The molecule has 0 N–H and O–H groups in total. The fourth-order valence-corrected chi connectivity index (χ4v) is 6.01. The predicted octanol–water partition coefficient (Wildman–Crippen LogP) is 5.30. The van der Waals surface area contributed by atoms with Crippen molar-refractivity contribution in [3.8, 4) is 11.1 Å². The van der Waals surface area contributed by atoms with Crippen molar-refractivity contribution in [2.45, 2.75) is 37.3 Å². The highest BCUT2D eigenvalue weighted by molar-refractivity contribution is 5.79. The highest BCUT2D eigenvalue weighted by Gasteiger charge is 2.41. The van der Waals surface area contributed by atoms with Crippen LogP contribution in [0.15, 0.2) is 79.3 Å². The van der Waals surface area contributed by atoms with Crippen LogP contribution in [-0.4, -0.2) is 44.3 Å². The topological polar surface area (TPSA) is 59.7 Å². The summed E-state index contributed by atoms with van der Waals surface area (Å²) in [5, 5.41) is 8.06. The van der Waals surface area contributed by atoms with Gasteiger partial charge >= 0.3 is 6.09 Å². The maximum absolute atomic E-state index is 13.3. The second-order valence-corrected chi connectivity index (χ2v) is 9.42. The number of fused-ring (bicyclic) bond motifs is 6. The Balaban J connectivity index is 1.11. The van der Waals surface area contributed by atoms with Crippen LogP contribution in [0.5, 0.6) is 0 Å². The van der Waals surface area contributed by atoms with E-state index in [1.807, 2.05) is 15.4 Å². The number of carbonyl (C=O) groups excluding carboxylic acids is 1. The monoisotopic (exact) mass is 448 g/mol. The average molecular weight is 449 g/mol. The SMILES string of the molecule is O=C(OCC1c2ccccc2-c2ccccc21)N1C2C=C(c3ccc4nncn4c3)CC1CC2. The van der Waals surface area contributed by atoms with Gasteiger partial charge in [-0.2, -0.15) is 0 Å². The van der Waals surface area contributed by atoms with Gasteiger partial charge in [0.15, 0.2) is 5.65 Å². The van der Waals surface area contributed by atoms with Crippen molar-refractivity contribution in [2.24, 2.45) is 0 Å². The van der Waals surface area contributed by atoms with Crippen molar-refractivity contribution in [1.29, 1.82) is 0 Å². The summed E-state index contributed by atoms with van der Waals surface area (Å²) >= 11 is 0. The van der Waals surface area contributed by atoms with Crippen molar-refractivity contribution >= 4 is 17.3 Å². The Morgan fingerprint density at radius 2 is 1.74 bits per heavy atom. The molecule has 1 aliphatic carbocycles. The smallest absolute Gasteiger partial charge is 0.410 e. The maximum Gasteiger partial charge on any atom is 0.410 e. The quantitative estimate of drug-likeness (QED) is 0.427. The van der Waals surface area contributed by atoms with Gasteiger partial charge in [-0.15, -0.1) is 10.2 Å². The third-order valence-corrected chi connectivity index (χ3v) is 7.60. The van der Waals surface area contributed by atoms with Crippen molar-refractivity contribution in [1.82, 2.24) is 19.5 Å². The molecule has 4 aromatic rings. The molecular weight excluding hydrogens is 424 g/mol. The molecule has 6 heteroatoms. The lowest BCUT2D eigenvalue weighted by Crippen LogP contribution is -2.43. The third-order valence-electron chi connectivity index (χ3n) is 7.60. The van der Waals surface area contributed by atoms with E-state index in [9.17, 15) is 4.79 Å². The standard InChI is InChI=1S/C28H24N4O2/c33-28(34-16-26-24-7-3-1-5-22(24)23-6-2-4-8-25(23)26)32-20-10-11-21(32)14-19(13-20)18-9-12-27-30-29-17-31(27)15-18/h1-9,12-13,15,17,20-21,26H,10-11,14,16H2. The summed E-state index contributed by atoms with van der Waals surface area (Å²) in [7, 11) is 0. The number of aromatic nitrogens is 3. The summed E-state index contributed by atoms with van der Waals surface area (Å²) < 4.78 is 7.93. The van der Waals surface area contributed by atoms with Crippen LogP contribution in [0.25, 0.3) is 22.3 Å². The number of amides is 1. The summed E-state index contributed by atoms with van der Waals surface area (Å²) in [6, 6.07) is 21.2. The minimum absolute atomic E-state index is 0.0837. The first-order valence-corrected chi connectivity index (χ1v) is 11.9. The number of benzene rings is 2.